The zero-order valence-corrected chi connectivity index (χ0v) is 14.3. The van der Waals surface area contributed by atoms with Crippen molar-refractivity contribution in [1.29, 1.82) is 0 Å². The highest BCUT2D eigenvalue weighted by Crippen LogP contribution is 2.18. The lowest BCUT2D eigenvalue weighted by atomic mass is 10.1. The highest BCUT2D eigenvalue weighted by atomic mass is 16.5. The highest BCUT2D eigenvalue weighted by Gasteiger charge is 2.19. The molecule has 1 atom stereocenters. The Labute approximate surface area is 146 Å². The number of carbonyl (C=O) groups excluding carboxylic acids is 3. The number of hydrogen-bond acceptors (Lipinski definition) is 4. The van der Waals surface area contributed by atoms with Gasteiger partial charge in [-0.05, 0) is 43.7 Å². The van der Waals surface area contributed by atoms with Crippen molar-refractivity contribution in [2.45, 2.75) is 26.9 Å². The molecule has 6 heteroatoms. The molecule has 2 aromatic carbocycles. The van der Waals surface area contributed by atoms with Crippen LogP contribution in [0.4, 0.5) is 11.4 Å². The molecule has 2 aromatic rings. The van der Waals surface area contributed by atoms with Crippen molar-refractivity contribution in [3.05, 3.63) is 59.7 Å². The molecule has 0 fully saturated rings. The number of aryl methyl sites for hydroxylation is 1. The molecule has 0 saturated carbocycles. The average Bonchev–Trinajstić information content (AvgIpc) is 2.57. The summed E-state index contributed by atoms with van der Waals surface area (Å²) in [5.41, 5.74) is 2.23. The molecule has 0 radical (unpaired) electrons. The number of anilines is 2. The Morgan fingerprint density at radius 2 is 1.68 bits per heavy atom. The van der Waals surface area contributed by atoms with Crippen LogP contribution in [0.3, 0.4) is 0 Å². The predicted octanol–water partition coefficient (Wildman–Crippen LogP) is 3.14. The first-order valence-corrected chi connectivity index (χ1v) is 7.82. The van der Waals surface area contributed by atoms with E-state index in [4.69, 9.17) is 4.74 Å². The first-order chi connectivity index (χ1) is 11.9. The minimum Gasteiger partial charge on any atom is -0.449 e. The van der Waals surface area contributed by atoms with E-state index in [1.54, 1.807) is 36.4 Å². The fourth-order valence-corrected chi connectivity index (χ4v) is 2.12. The number of carbonyl (C=O) groups is 3. The molecule has 0 aliphatic heterocycles. The van der Waals surface area contributed by atoms with Gasteiger partial charge in [0.25, 0.3) is 5.91 Å². The van der Waals surface area contributed by atoms with Crippen LogP contribution in [0.5, 0.6) is 0 Å². The maximum atomic E-state index is 12.2. The molecule has 1 unspecified atom stereocenters. The van der Waals surface area contributed by atoms with Gasteiger partial charge in [0.15, 0.2) is 6.10 Å². The fraction of sp³-hybridized carbons (Fsp3) is 0.211. The smallest absolute Gasteiger partial charge is 0.338 e. The van der Waals surface area contributed by atoms with E-state index in [0.717, 1.165) is 5.56 Å². The topological polar surface area (TPSA) is 84.5 Å². The third kappa shape index (κ3) is 5.17. The van der Waals surface area contributed by atoms with Crippen molar-refractivity contribution in [2.75, 3.05) is 10.6 Å². The molecule has 0 aliphatic rings. The molecule has 2 amide bonds. The first kappa shape index (κ1) is 18.2. The van der Waals surface area contributed by atoms with Gasteiger partial charge in [-0.25, -0.2) is 4.79 Å². The second-order valence-electron chi connectivity index (χ2n) is 5.61. The first-order valence-electron chi connectivity index (χ1n) is 7.82. The van der Waals surface area contributed by atoms with E-state index in [-0.39, 0.29) is 11.5 Å². The van der Waals surface area contributed by atoms with E-state index in [0.29, 0.717) is 11.4 Å². The van der Waals surface area contributed by atoms with E-state index in [1.165, 1.54) is 19.9 Å². The van der Waals surface area contributed by atoms with Crippen molar-refractivity contribution < 1.29 is 19.1 Å². The number of ether oxygens (including phenoxy) is 1. The van der Waals surface area contributed by atoms with Crippen LogP contribution in [0.25, 0.3) is 0 Å². The third-order valence-corrected chi connectivity index (χ3v) is 3.48. The minimum atomic E-state index is -0.960. The molecule has 0 aromatic heterocycles. The molecule has 0 spiro atoms. The quantitative estimate of drug-likeness (QED) is 0.819. The lowest BCUT2D eigenvalue weighted by molar-refractivity contribution is -0.123. The third-order valence-electron chi connectivity index (χ3n) is 3.48. The van der Waals surface area contributed by atoms with Gasteiger partial charge in [0, 0.05) is 18.3 Å². The van der Waals surface area contributed by atoms with Gasteiger partial charge in [-0.1, -0.05) is 24.3 Å². The second kappa shape index (κ2) is 8.10. The van der Waals surface area contributed by atoms with E-state index in [1.807, 2.05) is 13.0 Å². The molecule has 25 heavy (non-hydrogen) atoms. The SMILES string of the molecule is CC(=O)Nc1cc(C(=O)OC(C)C(=O)Nc2ccccc2)ccc1C. The predicted molar refractivity (Wildman–Crippen MR) is 95.4 cm³/mol. The Kier molecular flexibility index (Phi) is 5.89. The van der Waals surface area contributed by atoms with Crippen LogP contribution in [0.1, 0.15) is 29.8 Å². The standard InChI is InChI=1S/C19H20N2O4/c1-12-9-10-15(11-17(12)20-14(3)22)19(24)25-13(2)18(23)21-16-7-5-4-6-8-16/h4-11,13H,1-3H3,(H,20,22)(H,21,23). The summed E-state index contributed by atoms with van der Waals surface area (Å²) in [5, 5.41) is 5.32. The summed E-state index contributed by atoms with van der Waals surface area (Å²) in [7, 11) is 0. The van der Waals surface area contributed by atoms with Gasteiger partial charge in [-0.15, -0.1) is 0 Å². The summed E-state index contributed by atoms with van der Waals surface area (Å²) in [6.07, 6.45) is -0.960. The van der Waals surface area contributed by atoms with Crippen LogP contribution >= 0.6 is 0 Å². The number of para-hydroxylation sites is 1. The van der Waals surface area contributed by atoms with Gasteiger partial charge in [0.1, 0.15) is 0 Å². The summed E-state index contributed by atoms with van der Waals surface area (Å²) in [6, 6.07) is 13.7. The lowest BCUT2D eigenvalue weighted by Crippen LogP contribution is -2.30. The zero-order valence-electron chi connectivity index (χ0n) is 14.3. The largest absolute Gasteiger partial charge is 0.449 e. The molecule has 6 nitrogen and oxygen atoms in total. The molecule has 0 saturated heterocycles. The van der Waals surface area contributed by atoms with Gasteiger partial charge < -0.3 is 15.4 Å². The van der Waals surface area contributed by atoms with E-state index in [9.17, 15) is 14.4 Å². The Morgan fingerprint density at radius 1 is 1.00 bits per heavy atom. The molecule has 2 rings (SSSR count). The fourth-order valence-electron chi connectivity index (χ4n) is 2.12. The molecule has 130 valence electrons. The van der Waals surface area contributed by atoms with Gasteiger partial charge in [0.2, 0.25) is 5.91 Å². The average molecular weight is 340 g/mol. The Hall–Kier alpha value is -3.15. The molecule has 0 aliphatic carbocycles. The Bertz CT molecular complexity index is 787. The van der Waals surface area contributed by atoms with Crippen LogP contribution in [-0.4, -0.2) is 23.9 Å². The number of benzene rings is 2. The maximum absolute atomic E-state index is 12.2. The van der Waals surface area contributed by atoms with Crippen LogP contribution < -0.4 is 10.6 Å². The van der Waals surface area contributed by atoms with E-state index in [2.05, 4.69) is 10.6 Å². The highest BCUT2D eigenvalue weighted by molar-refractivity contribution is 5.98. The summed E-state index contributed by atoms with van der Waals surface area (Å²) in [4.78, 5) is 35.6. The number of esters is 1. The monoisotopic (exact) mass is 340 g/mol. The number of nitrogens with one attached hydrogen (secondary N) is 2. The summed E-state index contributed by atoms with van der Waals surface area (Å²) in [5.74, 6) is -1.29. The number of hydrogen-bond donors (Lipinski definition) is 2. The summed E-state index contributed by atoms with van der Waals surface area (Å²) >= 11 is 0. The summed E-state index contributed by atoms with van der Waals surface area (Å²) < 4.78 is 5.21. The van der Waals surface area contributed by atoms with Crippen molar-refractivity contribution in [3.63, 3.8) is 0 Å². The van der Waals surface area contributed by atoms with Crippen molar-refractivity contribution in [2.24, 2.45) is 0 Å². The van der Waals surface area contributed by atoms with Crippen molar-refractivity contribution in [3.8, 4) is 0 Å². The molecule has 2 N–H and O–H groups in total. The van der Waals surface area contributed by atoms with Crippen LogP contribution in [-0.2, 0) is 14.3 Å². The van der Waals surface area contributed by atoms with Gasteiger partial charge >= 0.3 is 5.97 Å². The van der Waals surface area contributed by atoms with Crippen molar-refractivity contribution >= 4 is 29.2 Å². The van der Waals surface area contributed by atoms with Gasteiger partial charge in [-0.2, -0.15) is 0 Å². The number of amides is 2. The second-order valence-corrected chi connectivity index (χ2v) is 5.61. The minimum absolute atomic E-state index is 0.232. The maximum Gasteiger partial charge on any atom is 0.338 e. The Morgan fingerprint density at radius 3 is 2.32 bits per heavy atom. The van der Waals surface area contributed by atoms with Crippen molar-refractivity contribution in [1.82, 2.24) is 0 Å². The molecular formula is C19H20N2O4. The van der Waals surface area contributed by atoms with Crippen LogP contribution in [0.2, 0.25) is 0 Å². The zero-order chi connectivity index (χ0) is 18.4. The Balaban J connectivity index is 2.03. The van der Waals surface area contributed by atoms with E-state index >= 15 is 0 Å². The molecule has 0 bridgehead atoms. The summed E-state index contributed by atoms with van der Waals surface area (Å²) in [6.45, 7) is 4.70. The normalized spacial score (nSPS) is 11.3. The molecule has 0 heterocycles. The van der Waals surface area contributed by atoms with Gasteiger partial charge in [0.05, 0.1) is 5.56 Å². The lowest BCUT2D eigenvalue weighted by Gasteiger charge is -2.14. The van der Waals surface area contributed by atoms with E-state index < -0.39 is 18.0 Å². The van der Waals surface area contributed by atoms with Crippen LogP contribution in [0.15, 0.2) is 48.5 Å². The molecular weight excluding hydrogens is 320 g/mol. The number of rotatable bonds is 5. The van der Waals surface area contributed by atoms with Crippen LogP contribution in [0, 0.1) is 6.92 Å². The van der Waals surface area contributed by atoms with Gasteiger partial charge in [-0.3, -0.25) is 9.59 Å².